The Hall–Kier alpha value is -1.94. The molecule has 0 bridgehead atoms. The molecule has 0 saturated carbocycles. The van der Waals surface area contributed by atoms with Crippen molar-refractivity contribution in [2.24, 2.45) is 0 Å². The Labute approximate surface area is 124 Å². The first-order valence-corrected chi connectivity index (χ1v) is 7.17. The van der Waals surface area contributed by atoms with Gasteiger partial charge in [0.1, 0.15) is 5.76 Å². The van der Waals surface area contributed by atoms with Crippen molar-refractivity contribution in [2.75, 3.05) is 0 Å². The average molecular weight is 287 g/mol. The van der Waals surface area contributed by atoms with Crippen LogP contribution >= 0.6 is 0 Å². The standard InChI is InChI=1S/C17H21NO3/c1-10(2)16-12(8-19)15(14-6-5-7-21-14)13(9-20)17(18-16)11(3)4/h5-8,10-11,20H,9H2,1-4H3. The van der Waals surface area contributed by atoms with Gasteiger partial charge in [0.25, 0.3) is 0 Å². The zero-order valence-corrected chi connectivity index (χ0v) is 12.9. The molecule has 0 atom stereocenters. The summed E-state index contributed by atoms with van der Waals surface area (Å²) in [7, 11) is 0. The summed E-state index contributed by atoms with van der Waals surface area (Å²) < 4.78 is 5.48. The lowest BCUT2D eigenvalue weighted by Crippen LogP contribution is -2.11. The summed E-state index contributed by atoms with van der Waals surface area (Å²) in [5, 5.41) is 9.80. The number of carbonyl (C=O) groups is 1. The zero-order valence-electron chi connectivity index (χ0n) is 12.9. The molecular formula is C17H21NO3. The fraction of sp³-hybridized carbons (Fsp3) is 0.412. The molecule has 2 aromatic heterocycles. The molecule has 0 aliphatic heterocycles. The normalized spacial score (nSPS) is 11.4. The summed E-state index contributed by atoms with van der Waals surface area (Å²) in [5.74, 6) is 0.857. The number of carbonyl (C=O) groups excluding carboxylic acids is 1. The second-order valence-corrected chi connectivity index (χ2v) is 5.71. The number of aliphatic hydroxyl groups is 1. The van der Waals surface area contributed by atoms with E-state index in [-0.39, 0.29) is 18.4 Å². The summed E-state index contributed by atoms with van der Waals surface area (Å²) in [6.07, 6.45) is 2.37. The number of hydrogen-bond donors (Lipinski definition) is 1. The molecule has 0 radical (unpaired) electrons. The van der Waals surface area contributed by atoms with Gasteiger partial charge in [-0.2, -0.15) is 0 Å². The van der Waals surface area contributed by atoms with Crippen LogP contribution in [0.15, 0.2) is 22.8 Å². The van der Waals surface area contributed by atoms with Gasteiger partial charge in [0, 0.05) is 22.4 Å². The highest BCUT2D eigenvalue weighted by Crippen LogP contribution is 2.35. The molecule has 0 saturated heterocycles. The van der Waals surface area contributed by atoms with Crippen molar-refractivity contribution >= 4 is 6.29 Å². The van der Waals surface area contributed by atoms with Gasteiger partial charge in [-0.25, -0.2) is 0 Å². The molecule has 2 heterocycles. The third-order valence-electron chi connectivity index (χ3n) is 3.53. The number of rotatable bonds is 5. The number of hydrogen-bond acceptors (Lipinski definition) is 4. The number of aldehydes is 1. The Kier molecular flexibility index (Phi) is 4.58. The second kappa shape index (κ2) is 6.22. The molecule has 0 fully saturated rings. The van der Waals surface area contributed by atoms with E-state index in [4.69, 9.17) is 4.42 Å². The van der Waals surface area contributed by atoms with Crippen LogP contribution in [0, 0.1) is 0 Å². The summed E-state index contributed by atoms with van der Waals surface area (Å²) in [6, 6.07) is 3.57. The topological polar surface area (TPSA) is 63.3 Å². The number of furan rings is 1. The Bertz CT molecular complexity index is 628. The molecular weight excluding hydrogens is 266 g/mol. The van der Waals surface area contributed by atoms with Crippen LogP contribution in [0.25, 0.3) is 11.3 Å². The number of pyridine rings is 1. The first-order chi connectivity index (χ1) is 10.0. The summed E-state index contributed by atoms with van der Waals surface area (Å²) >= 11 is 0. The van der Waals surface area contributed by atoms with Crippen LogP contribution in [-0.4, -0.2) is 16.4 Å². The zero-order chi connectivity index (χ0) is 15.6. The van der Waals surface area contributed by atoms with Gasteiger partial charge < -0.3 is 9.52 Å². The molecule has 4 heteroatoms. The van der Waals surface area contributed by atoms with Crippen molar-refractivity contribution < 1.29 is 14.3 Å². The minimum Gasteiger partial charge on any atom is -0.464 e. The molecule has 0 spiro atoms. The predicted molar refractivity (Wildman–Crippen MR) is 81.4 cm³/mol. The maximum Gasteiger partial charge on any atom is 0.152 e. The van der Waals surface area contributed by atoms with Gasteiger partial charge in [0.15, 0.2) is 6.29 Å². The molecule has 2 rings (SSSR count). The van der Waals surface area contributed by atoms with Gasteiger partial charge in [-0.15, -0.1) is 0 Å². The molecule has 1 N–H and O–H groups in total. The molecule has 4 nitrogen and oxygen atoms in total. The van der Waals surface area contributed by atoms with Crippen molar-refractivity contribution in [1.82, 2.24) is 4.98 Å². The minimum absolute atomic E-state index is 0.115. The van der Waals surface area contributed by atoms with E-state index in [2.05, 4.69) is 4.98 Å². The van der Waals surface area contributed by atoms with Crippen molar-refractivity contribution in [3.63, 3.8) is 0 Å². The second-order valence-electron chi connectivity index (χ2n) is 5.71. The van der Waals surface area contributed by atoms with E-state index >= 15 is 0 Å². The Morgan fingerprint density at radius 3 is 2.33 bits per heavy atom. The Morgan fingerprint density at radius 1 is 1.24 bits per heavy atom. The molecule has 0 amide bonds. The molecule has 2 aromatic rings. The van der Waals surface area contributed by atoms with Gasteiger partial charge in [-0.3, -0.25) is 9.78 Å². The van der Waals surface area contributed by atoms with Gasteiger partial charge in [0.05, 0.1) is 18.6 Å². The quantitative estimate of drug-likeness (QED) is 0.847. The van der Waals surface area contributed by atoms with Crippen LogP contribution in [0.5, 0.6) is 0 Å². The van der Waals surface area contributed by atoms with E-state index in [1.807, 2.05) is 27.7 Å². The smallest absolute Gasteiger partial charge is 0.152 e. The van der Waals surface area contributed by atoms with E-state index in [1.165, 1.54) is 0 Å². The predicted octanol–water partition coefficient (Wildman–Crippen LogP) is 3.89. The number of aliphatic hydroxyl groups excluding tert-OH is 1. The van der Waals surface area contributed by atoms with Crippen LogP contribution in [0.1, 0.15) is 66.8 Å². The highest BCUT2D eigenvalue weighted by atomic mass is 16.3. The highest BCUT2D eigenvalue weighted by Gasteiger charge is 2.24. The molecule has 0 unspecified atom stereocenters. The molecule has 21 heavy (non-hydrogen) atoms. The third-order valence-corrected chi connectivity index (χ3v) is 3.53. The fourth-order valence-corrected chi connectivity index (χ4v) is 2.58. The van der Waals surface area contributed by atoms with E-state index in [0.717, 1.165) is 17.7 Å². The van der Waals surface area contributed by atoms with Crippen molar-refractivity contribution in [2.45, 2.75) is 46.1 Å². The Balaban J connectivity index is 2.89. The lowest BCUT2D eigenvalue weighted by Gasteiger charge is -2.20. The van der Waals surface area contributed by atoms with Crippen LogP contribution < -0.4 is 0 Å². The minimum atomic E-state index is -0.171. The van der Waals surface area contributed by atoms with E-state index < -0.39 is 0 Å². The monoisotopic (exact) mass is 287 g/mol. The van der Waals surface area contributed by atoms with Crippen LogP contribution in [0.4, 0.5) is 0 Å². The van der Waals surface area contributed by atoms with Crippen molar-refractivity contribution in [3.8, 4) is 11.3 Å². The number of aromatic nitrogens is 1. The maximum atomic E-state index is 11.6. The third kappa shape index (κ3) is 2.76. The summed E-state index contributed by atoms with van der Waals surface area (Å²) in [5.41, 5.74) is 3.41. The molecule has 0 aliphatic rings. The van der Waals surface area contributed by atoms with Gasteiger partial charge in [-0.05, 0) is 24.0 Å². The largest absolute Gasteiger partial charge is 0.464 e. The maximum absolute atomic E-state index is 11.6. The van der Waals surface area contributed by atoms with E-state index in [9.17, 15) is 9.90 Å². The lowest BCUT2D eigenvalue weighted by atomic mass is 9.90. The van der Waals surface area contributed by atoms with Gasteiger partial charge >= 0.3 is 0 Å². The van der Waals surface area contributed by atoms with Crippen LogP contribution in [-0.2, 0) is 6.61 Å². The highest BCUT2D eigenvalue weighted by molar-refractivity contribution is 5.89. The summed E-state index contributed by atoms with van der Waals surface area (Å²) in [4.78, 5) is 16.3. The lowest BCUT2D eigenvalue weighted by molar-refractivity contribution is 0.112. The first-order valence-electron chi connectivity index (χ1n) is 7.17. The Morgan fingerprint density at radius 2 is 1.90 bits per heavy atom. The molecule has 112 valence electrons. The van der Waals surface area contributed by atoms with Crippen LogP contribution in [0.2, 0.25) is 0 Å². The van der Waals surface area contributed by atoms with Crippen LogP contribution in [0.3, 0.4) is 0 Å². The number of nitrogens with zero attached hydrogens (tertiary/aromatic N) is 1. The van der Waals surface area contributed by atoms with E-state index in [0.29, 0.717) is 22.5 Å². The van der Waals surface area contributed by atoms with Gasteiger partial charge in [-0.1, -0.05) is 27.7 Å². The van der Waals surface area contributed by atoms with Crippen molar-refractivity contribution in [1.29, 1.82) is 0 Å². The molecule has 0 aromatic carbocycles. The average Bonchev–Trinajstić information content (AvgIpc) is 2.98. The SMILES string of the molecule is CC(C)c1nc(C(C)C)c(CO)c(-c2ccco2)c1C=O. The first kappa shape index (κ1) is 15.4. The summed E-state index contributed by atoms with van der Waals surface area (Å²) in [6.45, 7) is 7.89. The fourth-order valence-electron chi connectivity index (χ4n) is 2.58. The molecule has 0 aliphatic carbocycles. The van der Waals surface area contributed by atoms with Crippen molar-refractivity contribution in [3.05, 3.63) is 40.9 Å². The van der Waals surface area contributed by atoms with Gasteiger partial charge in [0.2, 0.25) is 0 Å². The van der Waals surface area contributed by atoms with E-state index in [1.54, 1.807) is 18.4 Å².